The van der Waals surface area contributed by atoms with E-state index in [0.29, 0.717) is 18.8 Å². The number of hydrogen-bond acceptors (Lipinski definition) is 6. The lowest BCUT2D eigenvalue weighted by Gasteiger charge is -2.20. The van der Waals surface area contributed by atoms with Crippen LogP contribution in [-0.2, 0) is 13.1 Å². The molecule has 3 rings (SSSR count). The van der Waals surface area contributed by atoms with Crippen LogP contribution in [0.5, 0.6) is 0 Å². The minimum atomic E-state index is -0.402. The van der Waals surface area contributed by atoms with Crippen molar-refractivity contribution in [1.82, 2.24) is 29.5 Å². The minimum Gasteiger partial charge on any atom is -0.391 e. The zero-order valence-corrected chi connectivity index (χ0v) is 15.2. The van der Waals surface area contributed by atoms with Crippen molar-refractivity contribution in [3.8, 4) is 11.4 Å². The molecular formula is C18H28N6O. The van der Waals surface area contributed by atoms with Crippen LogP contribution in [0.2, 0.25) is 0 Å². The highest BCUT2D eigenvalue weighted by Crippen LogP contribution is 2.16. The van der Waals surface area contributed by atoms with Gasteiger partial charge in [0.2, 0.25) is 0 Å². The zero-order chi connectivity index (χ0) is 17.6. The maximum atomic E-state index is 10.1. The highest BCUT2D eigenvalue weighted by atomic mass is 16.3. The second kappa shape index (κ2) is 8.51. The van der Waals surface area contributed by atoms with E-state index >= 15 is 0 Å². The summed E-state index contributed by atoms with van der Waals surface area (Å²) >= 11 is 0. The van der Waals surface area contributed by atoms with Gasteiger partial charge in [0.15, 0.2) is 5.82 Å². The molecule has 1 aliphatic heterocycles. The third-order valence-corrected chi connectivity index (χ3v) is 4.72. The second-order valence-corrected chi connectivity index (χ2v) is 6.76. The van der Waals surface area contributed by atoms with Gasteiger partial charge in [-0.15, -0.1) is 0 Å². The van der Waals surface area contributed by atoms with E-state index in [0.717, 1.165) is 44.1 Å². The summed E-state index contributed by atoms with van der Waals surface area (Å²) in [5.41, 5.74) is 0.955. The van der Waals surface area contributed by atoms with Gasteiger partial charge in [-0.2, -0.15) is 5.10 Å². The van der Waals surface area contributed by atoms with Crippen molar-refractivity contribution in [3.63, 3.8) is 0 Å². The SMILES string of the molecule is CCC(O)Cn1nc(-c2ccncc2)nc1CN1CCCN(C)CC1. The average Bonchev–Trinajstić information content (AvgIpc) is 2.90. The summed E-state index contributed by atoms with van der Waals surface area (Å²) in [6.07, 6.45) is 4.97. The Morgan fingerprint density at radius 1 is 1.16 bits per heavy atom. The van der Waals surface area contributed by atoms with Gasteiger partial charge in [0.05, 0.1) is 19.2 Å². The molecule has 25 heavy (non-hydrogen) atoms. The van der Waals surface area contributed by atoms with Crippen molar-refractivity contribution in [2.75, 3.05) is 33.2 Å². The Morgan fingerprint density at radius 3 is 2.72 bits per heavy atom. The van der Waals surface area contributed by atoms with Crippen LogP contribution in [-0.4, -0.2) is 74.0 Å². The van der Waals surface area contributed by atoms with E-state index in [9.17, 15) is 5.11 Å². The van der Waals surface area contributed by atoms with Gasteiger partial charge in [-0.05, 0) is 45.1 Å². The Kier molecular flexibility index (Phi) is 6.12. The summed E-state index contributed by atoms with van der Waals surface area (Å²) in [6, 6.07) is 3.83. The van der Waals surface area contributed by atoms with Crippen LogP contribution in [0, 0.1) is 0 Å². The predicted molar refractivity (Wildman–Crippen MR) is 96.9 cm³/mol. The van der Waals surface area contributed by atoms with E-state index in [4.69, 9.17) is 4.98 Å². The van der Waals surface area contributed by atoms with Crippen LogP contribution in [0.3, 0.4) is 0 Å². The third-order valence-electron chi connectivity index (χ3n) is 4.72. The minimum absolute atomic E-state index is 0.402. The van der Waals surface area contributed by atoms with Crippen molar-refractivity contribution in [2.45, 2.75) is 39.0 Å². The van der Waals surface area contributed by atoms with Crippen molar-refractivity contribution in [3.05, 3.63) is 30.4 Å². The monoisotopic (exact) mass is 344 g/mol. The van der Waals surface area contributed by atoms with E-state index in [1.807, 2.05) is 23.7 Å². The predicted octanol–water partition coefficient (Wildman–Crippen LogP) is 1.25. The molecule has 0 saturated carbocycles. The maximum absolute atomic E-state index is 10.1. The first kappa shape index (κ1) is 18.0. The normalized spacial score (nSPS) is 18.2. The first-order chi connectivity index (χ1) is 12.2. The molecule has 1 aliphatic rings. The maximum Gasteiger partial charge on any atom is 0.181 e. The van der Waals surface area contributed by atoms with E-state index in [1.165, 1.54) is 6.42 Å². The van der Waals surface area contributed by atoms with Gasteiger partial charge in [-0.25, -0.2) is 9.67 Å². The number of aliphatic hydroxyl groups is 1. The van der Waals surface area contributed by atoms with Crippen LogP contribution in [0.15, 0.2) is 24.5 Å². The number of nitrogens with zero attached hydrogens (tertiary/aromatic N) is 6. The average molecular weight is 344 g/mol. The fourth-order valence-electron chi connectivity index (χ4n) is 3.05. The Labute approximate surface area is 149 Å². The Balaban J connectivity index is 1.81. The van der Waals surface area contributed by atoms with Gasteiger partial charge < -0.3 is 10.0 Å². The number of rotatable bonds is 6. The Morgan fingerprint density at radius 2 is 1.96 bits per heavy atom. The standard InChI is InChI=1S/C18H28N6O/c1-3-16(25)13-24-17(14-23-10-4-9-22(2)11-12-23)20-18(21-24)15-5-7-19-8-6-15/h5-8,16,25H,3-4,9-14H2,1-2H3. The van der Waals surface area contributed by atoms with Gasteiger partial charge in [0.1, 0.15) is 5.82 Å². The van der Waals surface area contributed by atoms with Crippen molar-refractivity contribution in [2.24, 2.45) is 0 Å². The largest absolute Gasteiger partial charge is 0.391 e. The van der Waals surface area contributed by atoms with Gasteiger partial charge in [-0.3, -0.25) is 9.88 Å². The lowest BCUT2D eigenvalue weighted by atomic mass is 10.2. The molecule has 1 atom stereocenters. The van der Waals surface area contributed by atoms with E-state index in [1.54, 1.807) is 12.4 Å². The molecule has 0 spiro atoms. The van der Waals surface area contributed by atoms with E-state index in [-0.39, 0.29) is 0 Å². The van der Waals surface area contributed by atoms with Gasteiger partial charge >= 0.3 is 0 Å². The molecule has 2 aromatic rings. The van der Waals surface area contributed by atoms with Crippen LogP contribution >= 0.6 is 0 Å². The summed E-state index contributed by atoms with van der Waals surface area (Å²) in [5.74, 6) is 1.62. The lowest BCUT2D eigenvalue weighted by Crippen LogP contribution is -2.30. The molecule has 0 aliphatic carbocycles. The molecule has 7 nitrogen and oxygen atoms in total. The number of aliphatic hydroxyl groups excluding tert-OH is 1. The van der Waals surface area contributed by atoms with E-state index < -0.39 is 6.10 Å². The summed E-state index contributed by atoms with van der Waals surface area (Å²) in [4.78, 5) is 13.6. The van der Waals surface area contributed by atoms with Crippen LogP contribution in [0.1, 0.15) is 25.6 Å². The summed E-state index contributed by atoms with van der Waals surface area (Å²) in [7, 11) is 2.17. The second-order valence-electron chi connectivity index (χ2n) is 6.76. The van der Waals surface area contributed by atoms with Gasteiger partial charge in [-0.1, -0.05) is 6.92 Å². The number of aromatic nitrogens is 4. The number of hydrogen-bond donors (Lipinski definition) is 1. The molecule has 7 heteroatoms. The molecule has 1 saturated heterocycles. The molecule has 0 radical (unpaired) electrons. The summed E-state index contributed by atoms with van der Waals surface area (Å²) in [6.45, 7) is 7.54. The molecule has 1 N–H and O–H groups in total. The first-order valence-electron chi connectivity index (χ1n) is 9.08. The highest BCUT2D eigenvalue weighted by molar-refractivity contribution is 5.53. The molecule has 136 valence electrons. The third kappa shape index (κ3) is 4.84. The smallest absolute Gasteiger partial charge is 0.181 e. The molecule has 1 unspecified atom stereocenters. The van der Waals surface area contributed by atoms with Crippen LogP contribution in [0.25, 0.3) is 11.4 Å². The van der Waals surface area contributed by atoms with Crippen molar-refractivity contribution >= 4 is 0 Å². The molecule has 0 bridgehead atoms. The van der Waals surface area contributed by atoms with Gasteiger partial charge in [0, 0.05) is 31.0 Å². The summed E-state index contributed by atoms with van der Waals surface area (Å²) in [5, 5.41) is 14.7. The molecule has 2 aromatic heterocycles. The van der Waals surface area contributed by atoms with Crippen LogP contribution < -0.4 is 0 Å². The Hall–Kier alpha value is -1.83. The molecule has 1 fully saturated rings. The zero-order valence-electron chi connectivity index (χ0n) is 15.2. The van der Waals surface area contributed by atoms with Crippen molar-refractivity contribution < 1.29 is 5.11 Å². The first-order valence-corrected chi connectivity index (χ1v) is 9.08. The van der Waals surface area contributed by atoms with Crippen LogP contribution in [0.4, 0.5) is 0 Å². The van der Waals surface area contributed by atoms with Gasteiger partial charge in [0.25, 0.3) is 0 Å². The Bertz CT molecular complexity index is 659. The van der Waals surface area contributed by atoms with E-state index in [2.05, 4.69) is 26.9 Å². The molecule has 3 heterocycles. The quantitative estimate of drug-likeness (QED) is 0.850. The highest BCUT2D eigenvalue weighted by Gasteiger charge is 2.18. The topological polar surface area (TPSA) is 70.3 Å². The van der Waals surface area contributed by atoms with Crippen molar-refractivity contribution in [1.29, 1.82) is 0 Å². The molecular weight excluding hydrogens is 316 g/mol. The molecule has 0 amide bonds. The fraction of sp³-hybridized carbons (Fsp3) is 0.611. The summed E-state index contributed by atoms with van der Waals surface area (Å²) < 4.78 is 1.87. The fourth-order valence-corrected chi connectivity index (χ4v) is 3.05. The number of pyridine rings is 1. The molecule has 0 aromatic carbocycles. The number of likely N-dealkylation sites (N-methyl/N-ethyl adjacent to an activating group) is 1. The lowest BCUT2D eigenvalue weighted by molar-refractivity contribution is 0.141.